The molecule has 1 saturated heterocycles. The van der Waals surface area contributed by atoms with Gasteiger partial charge >= 0.3 is 5.97 Å². The molecular formula is C15H21N3O4. The molecule has 0 unspecified atom stereocenters. The van der Waals surface area contributed by atoms with Crippen molar-refractivity contribution in [1.82, 2.24) is 10.2 Å². The largest absolute Gasteiger partial charge is 0.481 e. The van der Waals surface area contributed by atoms with Gasteiger partial charge in [-0.25, -0.2) is 0 Å². The van der Waals surface area contributed by atoms with E-state index in [-0.39, 0.29) is 31.2 Å². The van der Waals surface area contributed by atoms with Gasteiger partial charge in [-0.05, 0) is 19.2 Å². The van der Waals surface area contributed by atoms with E-state index in [4.69, 9.17) is 5.11 Å². The second-order valence-corrected chi connectivity index (χ2v) is 5.01. The van der Waals surface area contributed by atoms with Crippen LogP contribution >= 0.6 is 0 Å². The number of aliphatic carboxylic acids is 1. The number of nitrogens with one attached hydrogen (secondary N) is 1. The Balaban J connectivity index is 2.93. The normalized spacial score (nSPS) is 22.2. The van der Waals surface area contributed by atoms with Crippen molar-refractivity contribution in [3.05, 3.63) is 23.9 Å². The number of carbonyl (C=O) groups is 3. The number of allylic oxidation sites excluding steroid dienone is 1. The Bertz CT molecular complexity index is 525. The van der Waals surface area contributed by atoms with Gasteiger partial charge in [0.05, 0.1) is 18.4 Å². The number of amides is 2. The molecule has 0 aromatic rings. The van der Waals surface area contributed by atoms with Crippen molar-refractivity contribution in [3.63, 3.8) is 0 Å². The van der Waals surface area contributed by atoms with Gasteiger partial charge in [-0.1, -0.05) is 12.2 Å². The van der Waals surface area contributed by atoms with E-state index in [1.807, 2.05) is 6.92 Å². The zero-order valence-electron chi connectivity index (χ0n) is 12.8. The van der Waals surface area contributed by atoms with E-state index >= 15 is 0 Å². The molecule has 0 aliphatic carbocycles. The Morgan fingerprint density at radius 3 is 2.77 bits per heavy atom. The maximum absolute atomic E-state index is 12.3. The Morgan fingerprint density at radius 1 is 1.55 bits per heavy atom. The highest BCUT2D eigenvalue weighted by atomic mass is 16.4. The smallest absolute Gasteiger partial charge is 0.305 e. The van der Waals surface area contributed by atoms with Gasteiger partial charge in [0.2, 0.25) is 11.8 Å². The fraction of sp³-hybridized carbons (Fsp3) is 0.467. The molecule has 1 rings (SSSR count). The molecule has 7 heteroatoms. The predicted molar refractivity (Wildman–Crippen MR) is 82.4 cm³/mol. The quantitative estimate of drug-likeness (QED) is 0.531. The van der Waals surface area contributed by atoms with Crippen LogP contribution in [-0.2, 0) is 14.4 Å². The van der Waals surface area contributed by atoms with Crippen molar-refractivity contribution in [2.75, 3.05) is 13.6 Å². The summed E-state index contributed by atoms with van der Waals surface area (Å²) in [6.07, 6.45) is 5.04. The molecule has 1 aliphatic heterocycles. The molecule has 22 heavy (non-hydrogen) atoms. The van der Waals surface area contributed by atoms with E-state index in [0.29, 0.717) is 5.57 Å². The molecular weight excluding hydrogens is 286 g/mol. The van der Waals surface area contributed by atoms with Crippen molar-refractivity contribution in [1.29, 1.82) is 0 Å². The van der Waals surface area contributed by atoms with Crippen molar-refractivity contribution in [3.8, 4) is 0 Å². The Kier molecular flexibility index (Phi) is 6.49. The summed E-state index contributed by atoms with van der Waals surface area (Å²) in [5, 5.41) is 11.2. The molecule has 1 heterocycles. The number of likely N-dealkylation sites (N-methyl/N-ethyl adjacent to an activating group) is 1. The third-order valence-corrected chi connectivity index (χ3v) is 3.50. The monoisotopic (exact) mass is 307 g/mol. The number of carboxylic acids is 1. The molecule has 0 saturated carbocycles. The Morgan fingerprint density at radius 2 is 2.23 bits per heavy atom. The van der Waals surface area contributed by atoms with Gasteiger partial charge in [-0.3, -0.25) is 19.4 Å². The van der Waals surface area contributed by atoms with Crippen LogP contribution in [0.4, 0.5) is 0 Å². The van der Waals surface area contributed by atoms with E-state index in [0.717, 1.165) is 0 Å². The second kappa shape index (κ2) is 8.11. The molecule has 7 nitrogen and oxygen atoms in total. The number of aliphatic imine (C=N–C) groups is 1. The molecule has 1 aliphatic rings. The number of carbonyl (C=O) groups excluding carboxylic acids is 2. The number of rotatable bonds is 7. The lowest BCUT2D eigenvalue weighted by atomic mass is 9.92. The van der Waals surface area contributed by atoms with Crippen LogP contribution in [0.15, 0.2) is 28.9 Å². The number of nitrogens with zero attached hydrogens (tertiary/aromatic N) is 2. The van der Waals surface area contributed by atoms with Gasteiger partial charge in [0.1, 0.15) is 0 Å². The van der Waals surface area contributed by atoms with Crippen molar-refractivity contribution in [2.24, 2.45) is 10.9 Å². The summed E-state index contributed by atoms with van der Waals surface area (Å²) in [6, 6.07) is -0.431. The number of carboxylic acid groups (broad SMARTS) is 1. The highest BCUT2D eigenvalue weighted by Crippen LogP contribution is 2.30. The van der Waals surface area contributed by atoms with Gasteiger partial charge in [0.15, 0.2) is 0 Å². The fourth-order valence-corrected chi connectivity index (χ4v) is 2.50. The highest BCUT2D eigenvalue weighted by molar-refractivity contribution is 5.91. The van der Waals surface area contributed by atoms with Crippen molar-refractivity contribution in [2.45, 2.75) is 25.8 Å². The summed E-state index contributed by atoms with van der Waals surface area (Å²) >= 11 is 0. The van der Waals surface area contributed by atoms with E-state index < -0.39 is 17.9 Å². The molecule has 2 N–H and O–H groups in total. The van der Waals surface area contributed by atoms with E-state index in [2.05, 4.69) is 17.0 Å². The van der Waals surface area contributed by atoms with Crippen LogP contribution in [-0.4, -0.2) is 54.1 Å². The van der Waals surface area contributed by atoms with Crippen LogP contribution in [0.3, 0.4) is 0 Å². The molecule has 0 aromatic heterocycles. The summed E-state index contributed by atoms with van der Waals surface area (Å²) < 4.78 is 0. The molecule has 1 fully saturated rings. The molecule has 120 valence electrons. The lowest BCUT2D eigenvalue weighted by Gasteiger charge is -2.25. The zero-order valence-corrected chi connectivity index (χ0v) is 12.8. The summed E-state index contributed by atoms with van der Waals surface area (Å²) in [5.74, 6) is -2.02. The molecule has 0 radical (unpaired) electrons. The zero-order chi connectivity index (χ0) is 16.7. The van der Waals surface area contributed by atoms with Crippen LogP contribution in [0.1, 0.15) is 19.8 Å². The van der Waals surface area contributed by atoms with Crippen LogP contribution in [0.2, 0.25) is 0 Å². The van der Waals surface area contributed by atoms with Crippen molar-refractivity contribution >= 4 is 24.5 Å². The predicted octanol–water partition coefficient (Wildman–Crippen LogP) is 0.585. The lowest BCUT2D eigenvalue weighted by molar-refractivity contribution is -0.137. The summed E-state index contributed by atoms with van der Waals surface area (Å²) in [5.41, 5.74) is 0.712. The van der Waals surface area contributed by atoms with Gasteiger partial charge in [-0.2, -0.15) is 0 Å². The SMILES string of the molecule is C=N/C=C(\C=C/C)[C@@H]1[C@@H](C(=O)NCCC(=O)O)CC(=O)N1C. The third kappa shape index (κ3) is 4.28. The van der Waals surface area contributed by atoms with E-state index in [1.165, 1.54) is 11.1 Å². The molecule has 2 atom stereocenters. The lowest BCUT2D eigenvalue weighted by Crippen LogP contribution is -2.40. The first-order valence-electron chi connectivity index (χ1n) is 6.96. The van der Waals surface area contributed by atoms with Crippen LogP contribution in [0.25, 0.3) is 0 Å². The maximum atomic E-state index is 12.3. The third-order valence-electron chi connectivity index (χ3n) is 3.50. The minimum absolute atomic E-state index is 0.0393. The number of hydrogen-bond donors (Lipinski definition) is 2. The fourth-order valence-electron chi connectivity index (χ4n) is 2.50. The minimum atomic E-state index is -0.984. The van der Waals surface area contributed by atoms with Crippen LogP contribution < -0.4 is 5.32 Å². The first-order chi connectivity index (χ1) is 10.4. The highest BCUT2D eigenvalue weighted by Gasteiger charge is 2.43. The first-order valence-corrected chi connectivity index (χ1v) is 6.96. The summed E-state index contributed by atoms with van der Waals surface area (Å²) in [4.78, 5) is 39.9. The molecule has 2 amide bonds. The first kappa shape index (κ1) is 17.6. The van der Waals surface area contributed by atoms with E-state index in [9.17, 15) is 14.4 Å². The molecule has 0 bridgehead atoms. The van der Waals surface area contributed by atoms with E-state index in [1.54, 1.807) is 19.2 Å². The molecule has 0 spiro atoms. The van der Waals surface area contributed by atoms with Gasteiger partial charge < -0.3 is 15.3 Å². The topological polar surface area (TPSA) is 99.1 Å². The summed E-state index contributed by atoms with van der Waals surface area (Å²) in [6.45, 7) is 5.28. The molecule has 0 aromatic carbocycles. The average molecular weight is 307 g/mol. The van der Waals surface area contributed by atoms with Crippen LogP contribution in [0, 0.1) is 5.92 Å². The standard InChI is InChI=1S/C15H21N3O4/c1-4-5-10(9-16-2)14-11(8-12(19)18(14)3)15(22)17-7-6-13(20)21/h4-5,9,11,14H,2,6-8H2,1,3H3,(H,17,22)(H,20,21)/b5-4-,10-9+/t11-,14+/m0/s1. The number of likely N-dealkylation sites (tertiary alicyclic amines) is 1. The van der Waals surface area contributed by atoms with Crippen LogP contribution in [0.5, 0.6) is 0 Å². The minimum Gasteiger partial charge on any atom is -0.481 e. The second-order valence-electron chi connectivity index (χ2n) is 5.01. The van der Waals surface area contributed by atoms with Gasteiger partial charge in [-0.15, -0.1) is 0 Å². The maximum Gasteiger partial charge on any atom is 0.305 e. The average Bonchev–Trinajstić information content (AvgIpc) is 2.74. The van der Waals surface area contributed by atoms with Gasteiger partial charge in [0.25, 0.3) is 0 Å². The number of hydrogen-bond acceptors (Lipinski definition) is 4. The Hall–Kier alpha value is -2.44. The van der Waals surface area contributed by atoms with Crippen molar-refractivity contribution < 1.29 is 19.5 Å². The summed E-state index contributed by atoms with van der Waals surface area (Å²) in [7, 11) is 1.64. The van der Waals surface area contributed by atoms with Gasteiger partial charge in [0, 0.05) is 26.2 Å². The Labute approximate surface area is 129 Å².